The summed E-state index contributed by atoms with van der Waals surface area (Å²) in [6.07, 6.45) is 0. The molecule has 2 N–H and O–H groups in total. The molecule has 0 aromatic heterocycles. The Morgan fingerprint density at radius 3 is 2.55 bits per heavy atom. The summed E-state index contributed by atoms with van der Waals surface area (Å²) in [4.78, 5) is 53.5. The minimum atomic E-state index is -3.75. The number of anilines is 1. The molecule has 4 rings (SSSR count). The van der Waals surface area contributed by atoms with Crippen molar-refractivity contribution in [1.29, 1.82) is 0 Å². The van der Waals surface area contributed by atoms with E-state index < -0.39 is 46.4 Å². The molecule has 170 valence electrons. The van der Waals surface area contributed by atoms with Crippen molar-refractivity contribution < 1.29 is 32.3 Å². The number of benzene rings is 2. The van der Waals surface area contributed by atoms with Crippen molar-refractivity contribution in [3.63, 3.8) is 0 Å². The number of carbonyl (C=O) groups is 4. The van der Waals surface area contributed by atoms with Crippen molar-refractivity contribution in [2.45, 2.75) is 17.9 Å². The topological polar surface area (TPSA) is 151 Å². The minimum Gasteiger partial charge on any atom is -0.454 e. The third-order valence-corrected chi connectivity index (χ3v) is 6.44. The molecule has 33 heavy (non-hydrogen) atoms. The quantitative estimate of drug-likeness (QED) is 0.477. The molecule has 0 bridgehead atoms. The highest BCUT2D eigenvalue weighted by atomic mass is 32.2. The molecule has 0 fully saturated rings. The van der Waals surface area contributed by atoms with Gasteiger partial charge < -0.3 is 10.1 Å². The summed E-state index contributed by atoms with van der Waals surface area (Å²) < 4.78 is 31.5. The van der Waals surface area contributed by atoms with Crippen LogP contribution in [0.15, 0.2) is 52.4 Å². The molecule has 3 amide bonds. The molecular weight excluding hydrogens is 452 g/mol. The molecule has 0 saturated heterocycles. The lowest BCUT2D eigenvalue weighted by Crippen LogP contribution is -2.28. The average molecular weight is 470 g/mol. The van der Waals surface area contributed by atoms with Gasteiger partial charge in [0.1, 0.15) is 11.9 Å². The fourth-order valence-corrected chi connectivity index (χ4v) is 4.61. The van der Waals surface area contributed by atoms with E-state index in [9.17, 15) is 27.6 Å². The zero-order chi connectivity index (χ0) is 23.9. The van der Waals surface area contributed by atoms with Crippen LogP contribution in [-0.4, -0.2) is 62.5 Å². The summed E-state index contributed by atoms with van der Waals surface area (Å²) in [6.45, 7) is 0.780. The van der Waals surface area contributed by atoms with Crippen molar-refractivity contribution in [1.82, 2.24) is 9.62 Å². The van der Waals surface area contributed by atoms with Crippen molar-refractivity contribution in [3.05, 3.63) is 59.2 Å². The second-order valence-corrected chi connectivity index (χ2v) is 8.99. The Labute approximate surface area is 188 Å². The van der Waals surface area contributed by atoms with Crippen LogP contribution in [0.25, 0.3) is 0 Å². The maximum atomic E-state index is 12.3. The van der Waals surface area contributed by atoms with Crippen LogP contribution in [0, 0.1) is 0 Å². The standard InChI is InChI=1S/C21H18N4O7S/c1-11(22-18-14-5-3-4-6-16(14)33(30,31)24-18)21(29)32-10-17(26)23-12-7-8-13-15(9-12)20(28)25(2)19(13)27/h3-9,11H,10H2,1-2H3,(H,22,24)(H,23,26). The van der Waals surface area contributed by atoms with E-state index in [-0.39, 0.29) is 27.5 Å². The van der Waals surface area contributed by atoms with Gasteiger partial charge in [-0.2, -0.15) is 0 Å². The molecule has 2 heterocycles. The van der Waals surface area contributed by atoms with Crippen LogP contribution in [0.2, 0.25) is 0 Å². The van der Waals surface area contributed by atoms with E-state index in [0.29, 0.717) is 5.56 Å². The lowest BCUT2D eigenvalue weighted by molar-refractivity contribution is -0.148. The van der Waals surface area contributed by atoms with Gasteiger partial charge in [0, 0.05) is 18.3 Å². The van der Waals surface area contributed by atoms with Crippen molar-refractivity contribution >= 4 is 45.2 Å². The SMILES string of the molecule is CC(N=C1NS(=O)(=O)c2ccccc21)C(=O)OCC(=O)Nc1ccc2c(c1)C(=O)N(C)C2=O. The molecule has 0 radical (unpaired) electrons. The minimum absolute atomic E-state index is 0.0156. The first-order chi connectivity index (χ1) is 15.6. The number of amides is 3. The van der Waals surface area contributed by atoms with E-state index in [2.05, 4.69) is 15.0 Å². The number of imide groups is 1. The monoisotopic (exact) mass is 470 g/mol. The van der Waals surface area contributed by atoms with Gasteiger partial charge in [0.05, 0.1) is 16.0 Å². The molecule has 2 aliphatic rings. The third kappa shape index (κ3) is 4.07. The predicted molar refractivity (Wildman–Crippen MR) is 115 cm³/mol. The number of amidine groups is 1. The number of sulfonamides is 1. The average Bonchev–Trinajstić information content (AvgIpc) is 3.17. The van der Waals surface area contributed by atoms with Crippen LogP contribution in [0.4, 0.5) is 5.69 Å². The number of ether oxygens (including phenoxy) is 1. The molecule has 0 saturated carbocycles. The van der Waals surface area contributed by atoms with Gasteiger partial charge in [-0.3, -0.25) is 29.0 Å². The molecule has 2 aromatic rings. The maximum Gasteiger partial charge on any atom is 0.331 e. The largest absolute Gasteiger partial charge is 0.454 e. The summed E-state index contributed by atoms with van der Waals surface area (Å²) in [6, 6.07) is 9.38. The van der Waals surface area contributed by atoms with Crippen LogP contribution < -0.4 is 10.0 Å². The van der Waals surface area contributed by atoms with Crippen LogP contribution in [0.1, 0.15) is 33.2 Å². The number of nitrogens with zero attached hydrogens (tertiary/aromatic N) is 2. The number of rotatable bonds is 5. The zero-order valence-electron chi connectivity index (χ0n) is 17.5. The Hall–Kier alpha value is -4.06. The van der Waals surface area contributed by atoms with E-state index in [0.717, 1.165) is 4.90 Å². The first-order valence-corrected chi connectivity index (χ1v) is 11.2. The molecular formula is C21H18N4O7S. The van der Waals surface area contributed by atoms with E-state index >= 15 is 0 Å². The summed E-state index contributed by atoms with van der Waals surface area (Å²) in [7, 11) is -2.38. The lowest BCUT2D eigenvalue weighted by Gasteiger charge is -2.10. The Bertz CT molecular complexity index is 1350. The van der Waals surface area contributed by atoms with Crippen molar-refractivity contribution in [2.75, 3.05) is 19.0 Å². The molecule has 11 nitrogen and oxygen atoms in total. The maximum absolute atomic E-state index is 12.3. The first kappa shape index (κ1) is 22.1. The fourth-order valence-electron chi connectivity index (χ4n) is 3.37. The number of hydrogen-bond donors (Lipinski definition) is 2. The van der Waals surface area contributed by atoms with Gasteiger partial charge in [-0.15, -0.1) is 0 Å². The molecule has 12 heteroatoms. The van der Waals surface area contributed by atoms with Crippen LogP contribution >= 0.6 is 0 Å². The molecule has 2 aliphatic heterocycles. The fraction of sp³-hybridized carbons (Fsp3) is 0.190. The van der Waals surface area contributed by atoms with Crippen LogP contribution in [-0.2, 0) is 24.3 Å². The Balaban J connectivity index is 1.37. The zero-order valence-corrected chi connectivity index (χ0v) is 18.3. The summed E-state index contributed by atoms with van der Waals surface area (Å²) in [5.74, 6) is -2.39. The van der Waals surface area contributed by atoms with Crippen molar-refractivity contribution in [2.24, 2.45) is 4.99 Å². The first-order valence-electron chi connectivity index (χ1n) is 9.71. The van der Waals surface area contributed by atoms with Gasteiger partial charge in [0.25, 0.3) is 27.7 Å². The van der Waals surface area contributed by atoms with Crippen LogP contribution in [0.5, 0.6) is 0 Å². The summed E-state index contributed by atoms with van der Waals surface area (Å²) in [5, 5.41) is 2.49. The van der Waals surface area contributed by atoms with E-state index in [1.807, 2.05) is 0 Å². The van der Waals surface area contributed by atoms with E-state index in [1.54, 1.807) is 18.2 Å². The van der Waals surface area contributed by atoms with E-state index in [4.69, 9.17) is 4.74 Å². The summed E-state index contributed by atoms with van der Waals surface area (Å²) in [5.41, 5.74) is 1.01. The van der Waals surface area contributed by atoms with Crippen molar-refractivity contribution in [3.8, 4) is 0 Å². The Morgan fingerprint density at radius 2 is 1.79 bits per heavy atom. The highest BCUT2D eigenvalue weighted by Gasteiger charge is 2.33. The smallest absolute Gasteiger partial charge is 0.331 e. The van der Waals surface area contributed by atoms with Crippen LogP contribution in [0.3, 0.4) is 0 Å². The van der Waals surface area contributed by atoms with Gasteiger partial charge in [-0.25, -0.2) is 13.2 Å². The molecule has 1 atom stereocenters. The van der Waals surface area contributed by atoms with Gasteiger partial charge in [-0.1, -0.05) is 12.1 Å². The summed E-state index contributed by atoms with van der Waals surface area (Å²) >= 11 is 0. The number of aliphatic imine (C=N–C) groups is 1. The second-order valence-electron chi connectivity index (χ2n) is 7.34. The number of esters is 1. The molecule has 1 unspecified atom stereocenters. The highest BCUT2D eigenvalue weighted by Crippen LogP contribution is 2.25. The number of carbonyl (C=O) groups excluding carboxylic acids is 4. The normalized spacial score (nSPS) is 17.9. The predicted octanol–water partition coefficient (Wildman–Crippen LogP) is 0.521. The highest BCUT2D eigenvalue weighted by molar-refractivity contribution is 7.90. The Kier molecular flexibility index (Phi) is 5.46. The van der Waals surface area contributed by atoms with Gasteiger partial charge >= 0.3 is 5.97 Å². The number of fused-ring (bicyclic) bond motifs is 2. The molecule has 0 spiro atoms. The number of hydrogen-bond acceptors (Lipinski definition) is 8. The van der Waals surface area contributed by atoms with Gasteiger partial charge in [0.15, 0.2) is 6.61 Å². The second kappa shape index (κ2) is 8.13. The number of nitrogens with one attached hydrogen (secondary N) is 2. The Morgan fingerprint density at radius 1 is 1.09 bits per heavy atom. The van der Waals surface area contributed by atoms with E-state index in [1.165, 1.54) is 38.2 Å². The molecule has 0 aliphatic carbocycles. The third-order valence-electron chi connectivity index (χ3n) is 5.05. The van der Waals surface area contributed by atoms with Gasteiger partial charge in [-0.05, 0) is 37.3 Å². The lowest BCUT2D eigenvalue weighted by atomic mass is 10.1. The molecule has 2 aromatic carbocycles. The van der Waals surface area contributed by atoms with Gasteiger partial charge in [0.2, 0.25) is 0 Å².